The molecule has 0 heterocycles. The van der Waals surface area contributed by atoms with Gasteiger partial charge in [0.25, 0.3) is 0 Å². The number of esters is 1. The maximum Gasteiger partial charge on any atom is 0.305 e. The van der Waals surface area contributed by atoms with E-state index in [1.165, 1.54) is 7.11 Å². The first kappa shape index (κ1) is 16.4. The largest absolute Gasteiger partial charge is 0.469 e. The van der Waals surface area contributed by atoms with E-state index < -0.39 is 10.0 Å². The topological polar surface area (TPSA) is 72.5 Å². The highest BCUT2D eigenvalue weighted by Gasteiger charge is 2.11. The van der Waals surface area contributed by atoms with Crippen molar-refractivity contribution in [3.8, 4) is 0 Å². The molecule has 0 saturated heterocycles. The van der Waals surface area contributed by atoms with Crippen LogP contribution in [0.3, 0.4) is 0 Å². The van der Waals surface area contributed by atoms with Gasteiger partial charge in [0.1, 0.15) is 0 Å². The summed E-state index contributed by atoms with van der Waals surface area (Å²) in [5.41, 5.74) is 0. The molecule has 0 unspecified atom stereocenters. The fraction of sp³-hybridized carbons (Fsp3) is 0.909. The Hall–Kier alpha value is -0.620. The molecule has 0 aromatic heterocycles. The van der Waals surface area contributed by atoms with E-state index in [0.29, 0.717) is 13.0 Å². The predicted molar refractivity (Wildman–Crippen MR) is 67.1 cm³/mol. The molecule has 0 aromatic carbocycles. The van der Waals surface area contributed by atoms with Crippen LogP contribution >= 0.6 is 0 Å². The molecule has 1 N–H and O–H groups in total. The van der Waals surface area contributed by atoms with E-state index in [1.54, 1.807) is 0 Å². The van der Waals surface area contributed by atoms with Crippen molar-refractivity contribution in [1.82, 2.24) is 4.72 Å². The van der Waals surface area contributed by atoms with E-state index >= 15 is 0 Å². The van der Waals surface area contributed by atoms with Crippen molar-refractivity contribution < 1.29 is 17.9 Å². The molecule has 0 atom stereocenters. The van der Waals surface area contributed by atoms with Gasteiger partial charge >= 0.3 is 5.97 Å². The Morgan fingerprint density at radius 2 is 1.88 bits per heavy atom. The molecule has 0 saturated carbocycles. The summed E-state index contributed by atoms with van der Waals surface area (Å²) in [6.07, 6.45) is 2.70. The normalized spacial score (nSPS) is 11.8. The van der Waals surface area contributed by atoms with Crippen LogP contribution in [0.2, 0.25) is 0 Å². The Labute approximate surface area is 104 Å². The van der Waals surface area contributed by atoms with Gasteiger partial charge < -0.3 is 4.74 Å². The van der Waals surface area contributed by atoms with E-state index in [9.17, 15) is 13.2 Å². The molecule has 17 heavy (non-hydrogen) atoms. The third-order valence-corrected chi connectivity index (χ3v) is 3.91. The molecular formula is C11H23NO4S. The average molecular weight is 265 g/mol. The van der Waals surface area contributed by atoms with Crippen LogP contribution in [0.1, 0.15) is 39.5 Å². The Bertz CT molecular complexity index is 311. The fourth-order valence-corrected chi connectivity index (χ4v) is 2.85. The molecule has 0 radical (unpaired) electrons. The molecular weight excluding hydrogens is 242 g/mol. The summed E-state index contributed by atoms with van der Waals surface area (Å²) in [7, 11) is -1.77. The van der Waals surface area contributed by atoms with Crippen LogP contribution in [0.4, 0.5) is 0 Å². The van der Waals surface area contributed by atoms with Gasteiger partial charge in [0.05, 0.1) is 12.9 Å². The summed E-state index contributed by atoms with van der Waals surface area (Å²) in [4.78, 5) is 10.8. The number of rotatable bonds is 9. The van der Waals surface area contributed by atoms with Gasteiger partial charge in [-0.3, -0.25) is 4.79 Å². The van der Waals surface area contributed by atoms with E-state index in [1.807, 2.05) is 13.8 Å². The monoisotopic (exact) mass is 265 g/mol. The first-order valence-corrected chi connectivity index (χ1v) is 7.56. The Balaban J connectivity index is 3.55. The molecule has 0 aromatic rings. The zero-order valence-corrected chi connectivity index (χ0v) is 11.7. The second-order valence-corrected chi connectivity index (χ2v) is 6.31. The zero-order valence-electron chi connectivity index (χ0n) is 10.9. The molecule has 0 amide bonds. The Morgan fingerprint density at radius 3 is 2.41 bits per heavy atom. The van der Waals surface area contributed by atoms with E-state index in [0.717, 1.165) is 19.3 Å². The summed E-state index contributed by atoms with van der Waals surface area (Å²) in [5, 5.41) is 0. The third kappa shape index (κ3) is 10.3. The Morgan fingerprint density at radius 1 is 1.24 bits per heavy atom. The molecule has 6 heteroatoms. The molecule has 0 fully saturated rings. The lowest BCUT2D eigenvalue weighted by molar-refractivity contribution is -0.140. The van der Waals surface area contributed by atoms with Crippen molar-refractivity contribution in [1.29, 1.82) is 0 Å². The average Bonchev–Trinajstić information content (AvgIpc) is 2.20. The molecule has 0 aliphatic rings. The van der Waals surface area contributed by atoms with E-state index in [4.69, 9.17) is 0 Å². The van der Waals surface area contributed by atoms with Crippen molar-refractivity contribution >= 4 is 16.0 Å². The number of unbranched alkanes of at least 4 members (excludes halogenated alkanes) is 2. The van der Waals surface area contributed by atoms with Gasteiger partial charge in [0.2, 0.25) is 10.0 Å². The number of carbonyl (C=O) groups excluding carboxylic acids is 1. The van der Waals surface area contributed by atoms with Gasteiger partial charge in [0.15, 0.2) is 0 Å². The van der Waals surface area contributed by atoms with Crippen molar-refractivity contribution in [2.45, 2.75) is 39.5 Å². The molecule has 5 nitrogen and oxygen atoms in total. The minimum atomic E-state index is -3.13. The lowest BCUT2D eigenvalue weighted by Crippen LogP contribution is -2.29. The van der Waals surface area contributed by atoms with Crippen LogP contribution in [0.25, 0.3) is 0 Å². The smallest absolute Gasteiger partial charge is 0.305 e. The van der Waals surface area contributed by atoms with Crippen LogP contribution in [0.15, 0.2) is 0 Å². The van der Waals surface area contributed by atoms with Gasteiger partial charge in [-0.15, -0.1) is 0 Å². The summed E-state index contributed by atoms with van der Waals surface area (Å²) in [6, 6.07) is 0. The standard InChI is InChI=1S/C11H23NO4S/c1-10(2)9-17(14,15)12-8-6-4-5-7-11(13)16-3/h10,12H,4-9H2,1-3H3. The van der Waals surface area contributed by atoms with Gasteiger partial charge in [-0.2, -0.15) is 0 Å². The number of methoxy groups -OCH3 is 1. The molecule has 0 aliphatic carbocycles. The molecule has 0 rings (SSSR count). The van der Waals surface area contributed by atoms with Gasteiger partial charge in [-0.05, 0) is 18.8 Å². The minimum Gasteiger partial charge on any atom is -0.469 e. The van der Waals surface area contributed by atoms with Crippen LogP contribution in [-0.2, 0) is 19.6 Å². The van der Waals surface area contributed by atoms with Crippen molar-refractivity contribution in [2.75, 3.05) is 19.4 Å². The third-order valence-electron chi connectivity index (χ3n) is 2.16. The number of hydrogen-bond acceptors (Lipinski definition) is 4. The number of hydrogen-bond donors (Lipinski definition) is 1. The van der Waals surface area contributed by atoms with Crippen LogP contribution in [0, 0.1) is 5.92 Å². The highest BCUT2D eigenvalue weighted by Crippen LogP contribution is 2.02. The van der Waals surface area contributed by atoms with Crippen LogP contribution in [-0.4, -0.2) is 33.8 Å². The summed E-state index contributed by atoms with van der Waals surface area (Å²) in [6.45, 7) is 4.18. The Kier molecular flexibility index (Phi) is 8.16. The molecule has 0 spiro atoms. The highest BCUT2D eigenvalue weighted by molar-refractivity contribution is 7.89. The lowest BCUT2D eigenvalue weighted by atomic mass is 10.2. The second-order valence-electron chi connectivity index (χ2n) is 4.46. The number of carbonyl (C=O) groups is 1. The number of nitrogens with one attached hydrogen (secondary N) is 1. The fourth-order valence-electron chi connectivity index (χ4n) is 1.40. The zero-order chi connectivity index (χ0) is 13.3. The van der Waals surface area contributed by atoms with E-state index in [2.05, 4.69) is 9.46 Å². The summed E-state index contributed by atoms with van der Waals surface area (Å²) in [5.74, 6) is 0.0760. The first-order valence-electron chi connectivity index (χ1n) is 5.91. The van der Waals surface area contributed by atoms with Crippen molar-refractivity contribution in [3.05, 3.63) is 0 Å². The maximum absolute atomic E-state index is 11.4. The van der Waals surface area contributed by atoms with E-state index in [-0.39, 0.29) is 17.6 Å². The number of ether oxygens (including phenoxy) is 1. The minimum absolute atomic E-state index is 0.131. The summed E-state index contributed by atoms with van der Waals surface area (Å²) < 4.78 is 29.9. The van der Waals surface area contributed by atoms with Crippen molar-refractivity contribution in [3.63, 3.8) is 0 Å². The molecule has 0 aliphatic heterocycles. The second kappa shape index (κ2) is 8.47. The van der Waals surface area contributed by atoms with Gasteiger partial charge in [0, 0.05) is 13.0 Å². The van der Waals surface area contributed by atoms with Crippen LogP contribution in [0.5, 0.6) is 0 Å². The molecule has 0 bridgehead atoms. The SMILES string of the molecule is COC(=O)CCCCCNS(=O)(=O)CC(C)C. The maximum atomic E-state index is 11.4. The quantitative estimate of drug-likeness (QED) is 0.504. The predicted octanol–water partition coefficient (Wildman–Crippen LogP) is 1.30. The number of sulfonamides is 1. The molecule has 102 valence electrons. The summed E-state index contributed by atoms with van der Waals surface area (Å²) >= 11 is 0. The van der Waals surface area contributed by atoms with Gasteiger partial charge in [-0.1, -0.05) is 20.3 Å². The van der Waals surface area contributed by atoms with Crippen LogP contribution < -0.4 is 4.72 Å². The van der Waals surface area contributed by atoms with Crippen molar-refractivity contribution in [2.24, 2.45) is 5.92 Å². The first-order chi connectivity index (χ1) is 7.87. The highest BCUT2D eigenvalue weighted by atomic mass is 32.2. The lowest BCUT2D eigenvalue weighted by Gasteiger charge is -2.08. The van der Waals surface area contributed by atoms with Gasteiger partial charge in [-0.25, -0.2) is 13.1 Å².